The van der Waals surface area contributed by atoms with Crippen LogP contribution in [0.5, 0.6) is 0 Å². The van der Waals surface area contributed by atoms with Crippen LogP contribution in [0.4, 0.5) is 4.39 Å². The molecule has 100 valence electrons. The molecule has 0 aliphatic rings. The van der Waals surface area contributed by atoms with Crippen LogP contribution in [0.25, 0.3) is 0 Å². The van der Waals surface area contributed by atoms with Crippen molar-refractivity contribution in [2.24, 2.45) is 0 Å². The van der Waals surface area contributed by atoms with Crippen molar-refractivity contribution in [2.75, 3.05) is 0 Å². The first-order valence-electron chi connectivity index (χ1n) is 6.70. The molecule has 1 N–H and O–H groups in total. The van der Waals surface area contributed by atoms with E-state index in [9.17, 15) is 9.50 Å². The van der Waals surface area contributed by atoms with Gasteiger partial charge in [-0.25, -0.2) is 4.39 Å². The SMILES string of the molecule is OC(CCCc1ccccc1)Cc1ccc(F)cc1. The van der Waals surface area contributed by atoms with E-state index in [0.717, 1.165) is 24.8 Å². The number of benzene rings is 2. The average Bonchev–Trinajstić information content (AvgIpc) is 2.43. The summed E-state index contributed by atoms with van der Waals surface area (Å²) >= 11 is 0. The zero-order valence-electron chi connectivity index (χ0n) is 10.9. The molecule has 1 atom stereocenters. The summed E-state index contributed by atoms with van der Waals surface area (Å²) in [5, 5.41) is 9.96. The summed E-state index contributed by atoms with van der Waals surface area (Å²) in [7, 11) is 0. The summed E-state index contributed by atoms with van der Waals surface area (Å²) in [5.74, 6) is -0.234. The minimum atomic E-state index is -0.353. The second kappa shape index (κ2) is 7.05. The third kappa shape index (κ3) is 4.84. The van der Waals surface area contributed by atoms with E-state index >= 15 is 0 Å². The van der Waals surface area contributed by atoms with Crippen molar-refractivity contribution in [3.8, 4) is 0 Å². The molecule has 1 unspecified atom stereocenters. The maximum absolute atomic E-state index is 12.8. The molecule has 0 saturated carbocycles. The van der Waals surface area contributed by atoms with Crippen molar-refractivity contribution >= 4 is 0 Å². The number of aryl methyl sites for hydroxylation is 1. The van der Waals surface area contributed by atoms with Crippen LogP contribution < -0.4 is 0 Å². The van der Waals surface area contributed by atoms with Crippen LogP contribution in [0.2, 0.25) is 0 Å². The fourth-order valence-corrected chi connectivity index (χ4v) is 2.18. The minimum Gasteiger partial charge on any atom is -0.393 e. The van der Waals surface area contributed by atoms with Gasteiger partial charge in [0.2, 0.25) is 0 Å². The Morgan fingerprint density at radius 1 is 0.895 bits per heavy atom. The van der Waals surface area contributed by atoms with Gasteiger partial charge in [-0.15, -0.1) is 0 Å². The van der Waals surface area contributed by atoms with Crippen molar-refractivity contribution in [3.05, 3.63) is 71.5 Å². The van der Waals surface area contributed by atoms with E-state index in [-0.39, 0.29) is 11.9 Å². The lowest BCUT2D eigenvalue weighted by atomic mass is 10.0. The lowest BCUT2D eigenvalue weighted by Gasteiger charge is -2.10. The van der Waals surface area contributed by atoms with Crippen LogP contribution >= 0.6 is 0 Å². The molecule has 2 aromatic rings. The van der Waals surface area contributed by atoms with Gasteiger partial charge in [0, 0.05) is 0 Å². The zero-order valence-corrected chi connectivity index (χ0v) is 10.9. The molecule has 0 heterocycles. The van der Waals surface area contributed by atoms with E-state index in [0.29, 0.717) is 6.42 Å². The summed E-state index contributed by atoms with van der Waals surface area (Å²) in [4.78, 5) is 0. The number of rotatable bonds is 6. The lowest BCUT2D eigenvalue weighted by molar-refractivity contribution is 0.162. The van der Waals surface area contributed by atoms with Crippen molar-refractivity contribution in [1.82, 2.24) is 0 Å². The van der Waals surface area contributed by atoms with Crippen molar-refractivity contribution < 1.29 is 9.50 Å². The van der Waals surface area contributed by atoms with Crippen LogP contribution in [0.15, 0.2) is 54.6 Å². The van der Waals surface area contributed by atoms with Gasteiger partial charge in [0.25, 0.3) is 0 Å². The Bertz CT molecular complexity index is 478. The van der Waals surface area contributed by atoms with Gasteiger partial charge < -0.3 is 5.11 Å². The first kappa shape index (κ1) is 13.8. The fourth-order valence-electron chi connectivity index (χ4n) is 2.18. The second-order valence-corrected chi connectivity index (χ2v) is 4.86. The standard InChI is InChI=1S/C17H19FO/c18-16-11-9-15(10-12-16)13-17(19)8-4-7-14-5-2-1-3-6-14/h1-3,5-6,9-12,17,19H,4,7-8,13H2. The highest BCUT2D eigenvalue weighted by Gasteiger charge is 2.05. The van der Waals surface area contributed by atoms with Gasteiger partial charge in [0.05, 0.1) is 6.10 Å². The van der Waals surface area contributed by atoms with E-state index in [1.807, 2.05) is 18.2 Å². The molecule has 0 amide bonds. The van der Waals surface area contributed by atoms with Gasteiger partial charge >= 0.3 is 0 Å². The molecule has 0 saturated heterocycles. The maximum Gasteiger partial charge on any atom is 0.123 e. The number of hydrogen-bond acceptors (Lipinski definition) is 1. The van der Waals surface area contributed by atoms with E-state index in [1.165, 1.54) is 17.7 Å². The molecule has 0 bridgehead atoms. The Labute approximate surface area is 113 Å². The summed E-state index contributed by atoms with van der Waals surface area (Å²) in [6.45, 7) is 0. The van der Waals surface area contributed by atoms with Gasteiger partial charge in [-0.2, -0.15) is 0 Å². The molecule has 2 heteroatoms. The van der Waals surface area contributed by atoms with Crippen LogP contribution in [-0.2, 0) is 12.8 Å². The molecule has 19 heavy (non-hydrogen) atoms. The molecule has 0 aromatic heterocycles. The normalized spacial score (nSPS) is 12.3. The molecule has 0 aliphatic heterocycles. The van der Waals surface area contributed by atoms with Gasteiger partial charge in [-0.3, -0.25) is 0 Å². The Balaban J connectivity index is 1.73. The fraction of sp³-hybridized carbons (Fsp3) is 0.294. The van der Waals surface area contributed by atoms with E-state index in [4.69, 9.17) is 0 Å². The van der Waals surface area contributed by atoms with E-state index < -0.39 is 0 Å². The average molecular weight is 258 g/mol. The van der Waals surface area contributed by atoms with Crippen LogP contribution in [0, 0.1) is 5.82 Å². The van der Waals surface area contributed by atoms with Crippen LogP contribution in [-0.4, -0.2) is 11.2 Å². The van der Waals surface area contributed by atoms with Crippen LogP contribution in [0.1, 0.15) is 24.0 Å². The maximum atomic E-state index is 12.8. The van der Waals surface area contributed by atoms with E-state index in [2.05, 4.69) is 12.1 Å². The predicted octanol–water partition coefficient (Wildman–Crippen LogP) is 3.75. The number of hydrogen-bond donors (Lipinski definition) is 1. The Morgan fingerprint density at radius 3 is 2.26 bits per heavy atom. The number of aliphatic hydroxyl groups is 1. The Kier molecular flexibility index (Phi) is 5.10. The largest absolute Gasteiger partial charge is 0.393 e. The monoisotopic (exact) mass is 258 g/mol. The van der Waals surface area contributed by atoms with Crippen molar-refractivity contribution in [2.45, 2.75) is 31.8 Å². The molecule has 0 radical (unpaired) electrons. The smallest absolute Gasteiger partial charge is 0.123 e. The van der Waals surface area contributed by atoms with Gasteiger partial charge in [0.1, 0.15) is 5.82 Å². The molecular weight excluding hydrogens is 239 g/mol. The summed E-state index contributed by atoms with van der Waals surface area (Å²) in [6.07, 6.45) is 2.96. The van der Waals surface area contributed by atoms with Crippen molar-refractivity contribution in [1.29, 1.82) is 0 Å². The molecule has 1 nitrogen and oxygen atoms in total. The zero-order chi connectivity index (χ0) is 13.5. The van der Waals surface area contributed by atoms with E-state index in [1.54, 1.807) is 12.1 Å². The lowest BCUT2D eigenvalue weighted by Crippen LogP contribution is -2.10. The number of halogens is 1. The Hall–Kier alpha value is -1.67. The predicted molar refractivity (Wildman–Crippen MR) is 75.5 cm³/mol. The first-order valence-corrected chi connectivity index (χ1v) is 6.70. The van der Waals surface area contributed by atoms with Gasteiger partial charge in [0.15, 0.2) is 0 Å². The minimum absolute atomic E-state index is 0.234. The molecule has 0 spiro atoms. The summed E-state index contributed by atoms with van der Waals surface area (Å²) in [6, 6.07) is 16.6. The summed E-state index contributed by atoms with van der Waals surface area (Å²) in [5.41, 5.74) is 2.28. The van der Waals surface area contributed by atoms with Crippen molar-refractivity contribution in [3.63, 3.8) is 0 Å². The molecule has 0 fully saturated rings. The topological polar surface area (TPSA) is 20.2 Å². The first-order chi connectivity index (χ1) is 9.24. The highest BCUT2D eigenvalue weighted by molar-refractivity contribution is 5.17. The highest BCUT2D eigenvalue weighted by Crippen LogP contribution is 2.11. The molecule has 0 aliphatic carbocycles. The molecule has 2 rings (SSSR count). The molecular formula is C17H19FO. The second-order valence-electron chi connectivity index (χ2n) is 4.86. The quantitative estimate of drug-likeness (QED) is 0.836. The third-order valence-electron chi connectivity index (χ3n) is 3.23. The summed E-state index contributed by atoms with van der Waals surface area (Å²) < 4.78 is 12.8. The van der Waals surface area contributed by atoms with Crippen LogP contribution in [0.3, 0.4) is 0 Å². The highest BCUT2D eigenvalue weighted by atomic mass is 19.1. The molecule has 2 aromatic carbocycles. The van der Waals surface area contributed by atoms with Gasteiger partial charge in [-0.1, -0.05) is 42.5 Å². The third-order valence-corrected chi connectivity index (χ3v) is 3.23. The Morgan fingerprint density at radius 2 is 1.58 bits per heavy atom. The number of aliphatic hydroxyl groups excluding tert-OH is 1. The van der Waals surface area contributed by atoms with Gasteiger partial charge in [-0.05, 0) is 48.9 Å².